The minimum absolute atomic E-state index is 0.0216. The molecule has 2 aromatic heterocycles. The number of pyridine rings is 2. The number of nitrogens with two attached hydrogens (primary N) is 1. The van der Waals surface area contributed by atoms with Crippen molar-refractivity contribution < 1.29 is 9.53 Å². The van der Waals surface area contributed by atoms with Crippen molar-refractivity contribution in [2.45, 2.75) is 76.1 Å². The average Bonchev–Trinajstić information content (AvgIpc) is 3.04. The summed E-state index contributed by atoms with van der Waals surface area (Å²) in [4.78, 5) is 23.8. The second-order valence-corrected chi connectivity index (χ2v) is 11.7. The molecule has 1 amide bonds. The molecule has 3 heterocycles. The van der Waals surface area contributed by atoms with E-state index in [-0.39, 0.29) is 17.7 Å². The standard InChI is InChI=1S/C24H34BrN5O2S/c1-23(2,3)32-22(31)30-15-16(14-24(30,4)5)9-10-18(19-13-17(25)11-12-27-19)28-20-7-6-8-21(29-20)33-26/h6-8,11-13,16,18H,9-10,14-15,26H2,1-5H3,(H,28,29). The van der Waals surface area contributed by atoms with Crippen molar-refractivity contribution in [3.05, 3.63) is 46.7 Å². The molecule has 180 valence electrons. The van der Waals surface area contributed by atoms with Crippen molar-refractivity contribution in [2.75, 3.05) is 11.9 Å². The molecule has 2 unspecified atom stereocenters. The Hall–Kier alpha value is -1.84. The van der Waals surface area contributed by atoms with Crippen molar-refractivity contribution in [1.82, 2.24) is 14.9 Å². The number of ether oxygens (including phenoxy) is 1. The van der Waals surface area contributed by atoms with Gasteiger partial charge in [0.1, 0.15) is 16.4 Å². The van der Waals surface area contributed by atoms with Gasteiger partial charge < -0.3 is 15.0 Å². The molecule has 3 N–H and O–H groups in total. The van der Waals surface area contributed by atoms with Crippen LogP contribution in [0.15, 0.2) is 46.0 Å². The molecular weight excluding hydrogens is 502 g/mol. The fourth-order valence-corrected chi connectivity index (χ4v) is 4.93. The molecule has 7 nitrogen and oxygen atoms in total. The molecule has 1 fully saturated rings. The maximum absolute atomic E-state index is 12.8. The molecule has 33 heavy (non-hydrogen) atoms. The largest absolute Gasteiger partial charge is 0.444 e. The molecule has 1 aliphatic rings. The second-order valence-electron chi connectivity index (χ2n) is 10.1. The first-order chi connectivity index (χ1) is 15.5. The summed E-state index contributed by atoms with van der Waals surface area (Å²) < 4.78 is 6.64. The van der Waals surface area contributed by atoms with Gasteiger partial charge in [0.15, 0.2) is 0 Å². The summed E-state index contributed by atoms with van der Waals surface area (Å²) in [5.41, 5.74) is 0.201. The van der Waals surface area contributed by atoms with Crippen LogP contribution in [-0.4, -0.2) is 38.6 Å². The van der Waals surface area contributed by atoms with Gasteiger partial charge in [0, 0.05) is 22.8 Å². The zero-order valence-electron chi connectivity index (χ0n) is 20.0. The van der Waals surface area contributed by atoms with Crippen LogP contribution in [0, 0.1) is 5.92 Å². The number of aromatic nitrogens is 2. The number of anilines is 1. The van der Waals surface area contributed by atoms with Crippen LogP contribution in [0.2, 0.25) is 0 Å². The van der Waals surface area contributed by atoms with Gasteiger partial charge in [-0.15, -0.1) is 0 Å². The normalized spacial score (nSPS) is 18.8. The summed E-state index contributed by atoms with van der Waals surface area (Å²) in [5, 5.41) is 9.98. The summed E-state index contributed by atoms with van der Waals surface area (Å²) in [7, 11) is 0. The Bertz CT molecular complexity index is 966. The molecular formula is C24H34BrN5O2S. The lowest BCUT2D eigenvalue weighted by Crippen LogP contribution is -2.45. The molecule has 2 aromatic rings. The Balaban J connectivity index is 1.72. The third-order valence-electron chi connectivity index (χ3n) is 5.70. The van der Waals surface area contributed by atoms with Gasteiger partial charge in [-0.2, -0.15) is 0 Å². The monoisotopic (exact) mass is 535 g/mol. The quantitative estimate of drug-likeness (QED) is 0.409. The van der Waals surface area contributed by atoms with Gasteiger partial charge in [0.2, 0.25) is 0 Å². The summed E-state index contributed by atoms with van der Waals surface area (Å²) >= 11 is 4.68. The van der Waals surface area contributed by atoms with Crippen molar-refractivity contribution in [3.63, 3.8) is 0 Å². The van der Waals surface area contributed by atoms with Crippen LogP contribution in [0.25, 0.3) is 0 Å². The van der Waals surface area contributed by atoms with E-state index in [1.807, 2.05) is 56.0 Å². The van der Waals surface area contributed by atoms with Crippen LogP contribution in [0.3, 0.4) is 0 Å². The summed E-state index contributed by atoms with van der Waals surface area (Å²) in [6.07, 6.45) is 4.30. The van der Waals surface area contributed by atoms with Crippen molar-refractivity contribution >= 4 is 39.8 Å². The van der Waals surface area contributed by atoms with E-state index in [0.717, 1.165) is 52.2 Å². The van der Waals surface area contributed by atoms with Crippen molar-refractivity contribution in [1.29, 1.82) is 0 Å². The molecule has 1 saturated heterocycles. The van der Waals surface area contributed by atoms with Gasteiger partial charge in [0.05, 0.1) is 11.7 Å². The second kappa shape index (κ2) is 10.6. The first kappa shape index (κ1) is 25.8. The number of nitrogens with zero attached hydrogens (tertiary/aromatic N) is 3. The number of halogens is 1. The first-order valence-electron chi connectivity index (χ1n) is 11.2. The number of amides is 1. The third kappa shape index (κ3) is 7.32. The number of hydrogen-bond acceptors (Lipinski definition) is 7. The Morgan fingerprint density at radius 3 is 2.82 bits per heavy atom. The summed E-state index contributed by atoms with van der Waals surface area (Å²) in [6, 6.07) is 9.69. The zero-order valence-corrected chi connectivity index (χ0v) is 22.4. The minimum atomic E-state index is -0.504. The lowest BCUT2D eigenvalue weighted by molar-refractivity contribution is 0.0131. The van der Waals surface area contributed by atoms with Crippen LogP contribution in [0.5, 0.6) is 0 Å². The molecule has 3 rings (SSSR count). The topological polar surface area (TPSA) is 93.4 Å². The van der Waals surface area contributed by atoms with Gasteiger partial charge in [-0.3, -0.25) is 10.1 Å². The van der Waals surface area contributed by atoms with Crippen LogP contribution in [0.1, 0.15) is 65.6 Å². The van der Waals surface area contributed by atoms with E-state index in [9.17, 15) is 4.79 Å². The predicted molar refractivity (Wildman–Crippen MR) is 137 cm³/mol. The van der Waals surface area contributed by atoms with Crippen molar-refractivity contribution in [2.24, 2.45) is 11.1 Å². The third-order valence-corrected chi connectivity index (χ3v) is 6.67. The fourth-order valence-electron chi connectivity index (χ4n) is 4.27. The highest BCUT2D eigenvalue weighted by atomic mass is 79.9. The van der Waals surface area contributed by atoms with Crippen LogP contribution >= 0.6 is 27.9 Å². The lowest BCUT2D eigenvalue weighted by atomic mass is 9.91. The van der Waals surface area contributed by atoms with E-state index in [1.165, 1.54) is 0 Å². The predicted octanol–water partition coefficient (Wildman–Crippen LogP) is 6.17. The van der Waals surface area contributed by atoms with Crippen molar-refractivity contribution in [3.8, 4) is 0 Å². The maximum atomic E-state index is 12.8. The van der Waals surface area contributed by atoms with Crippen LogP contribution in [0.4, 0.5) is 10.6 Å². The van der Waals surface area contributed by atoms with E-state index >= 15 is 0 Å². The Kier molecular flexibility index (Phi) is 8.29. The lowest BCUT2D eigenvalue weighted by Gasteiger charge is -2.33. The van der Waals surface area contributed by atoms with Gasteiger partial charge in [-0.05, 0) is 96.0 Å². The molecule has 9 heteroatoms. The SMILES string of the molecule is CC(C)(C)OC(=O)N1CC(CCC(Nc2cccc(SN)n2)c2cc(Br)ccn2)CC1(C)C. The van der Waals surface area contributed by atoms with E-state index < -0.39 is 5.60 Å². The van der Waals surface area contributed by atoms with Gasteiger partial charge in [-0.1, -0.05) is 22.0 Å². The Labute approximate surface area is 209 Å². The highest BCUT2D eigenvalue weighted by Gasteiger charge is 2.42. The van der Waals surface area contributed by atoms with Gasteiger partial charge >= 0.3 is 6.09 Å². The number of likely N-dealkylation sites (tertiary alicyclic amines) is 1. The molecule has 2 atom stereocenters. The van der Waals surface area contributed by atoms with Gasteiger partial charge in [0.25, 0.3) is 0 Å². The number of hydrogen-bond donors (Lipinski definition) is 2. The highest BCUT2D eigenvalue weighted by Crippen LogP contribution is 2.37. The number of carbonyl (C=O) groups excluding carboxylic acids is 1. The first-order valence-corrected chi connectivity index (χ1v) is 12.9. The maximum Gasteiger partial charge on any atom is 0.410 e. The molecule has 0 aliphatic carbocycles. The van der Waals surface area contributed by atoms with Crippen LogP contribution in [-0.2, 0) is 4.74 Å². The smallest absolute Gasteiger partial charge is 0.410 e. The number of rotatable bonds is 7. The Morgan fingerprint density at radius 1 is 1.39 bits per heavy atom. The minimum Gasteiger partial charge on any atom is -0.444 e. The molecule has 0 radical (unpaired) electrons. The van der Waals surface area contributed by atoms with Gasteiger partial charge in [-0.25, -0.2) is 9.78 Å². The van der Waals surface area contributed by atoms with E-state index in [1.54, 1.807) is 6.20 Å². The number of nitrogens with one attached hydrogen (secondary N) is 1. The summed E-state index contributed by atoms with van der Waals surface area (Å²) in [5.74, 6) is 1.14. The molecule has 0 bridgehead atoms. The number of carbonyl (C=O) groups is 1. The van der Waals surface area contributed by atoms with E-state index in [4.69, 9.17) is 9.88 Å². The van der Waals surface area contributed by atoms with E-state index in [2.05, 4.69) is 45.1 Å². The highest BCUT2D eigenvalue weighted by molar-refractivity contribution is 9.10. The molecule has 0 saturated carbocycles. The molecule has 0 aromatic carbocycles. The Morgan fingerprint density at radius 2 is 2.15 bits per heavy atom. The van der Waals surface area contributed by atoms with Crippen LogP contribution < -0.4 is 10.5 Å². The van der Waals surface area contributed by atoms with E-state index in [0.29, 0.717) is 12.5 Å². The summed E-state index contributed by atoms with van der Waals surface area (Å²) in [6.45, 7) is 10.6. The average molecular weight is 537 g/mol. The molecule has 0 spiro atoms. The molecule has 1 aliphatic heterocycles. The zero-order chi connectivity index (χ0) is 24.2. The fraction of sp³-hybridized carbons (Fsp3) is 0.542.